The maximum atomic E-state index is 13.0. The van der Waals surface area contributed by atoms with Crippen LogP contribution < -0.4 is 4.90 Å². The van der Waals surface area contributed by atoms with E-state index in [2.05, 4.69) is 6.58 Å². The molecule has 0 radical (unpaired) electrons. The van der Waals surface area contributed by atoms with Crippen LogP contribution in [0, 0.1) is 0 Å². The van der Waals surface area contributed by atoms with Gasteiger partial charge in [-0.25, -0.2) is 8.42 Å². The number of hydrogen-bond acceptors (Lipinski definition) is 4. The van der Waals surface area contributed by atoms with Crippen LogP contribution in [0.25, 0.3) is 0 Å². The third-order valence-corrected chi connectivity index (χ3v) is 6.21. The number of rotatable bonds is 6. The van der Waals surface area contributed by atoms with Crippen LogP contribution in [0.2, 0.25) is 0 Å². The molecule has 3 rings (SSSR count). The average molecular weight is 386 g/mol. The normalized spacial score (nSPS) is 15.3. The van der Waals surface area contributed by atoms with Gasteiger partial charge < -0.3 is 9.64 Å². The lowest BCUT2D eigenvalue weighted by molar-refractivity contribution is 0.0730. The van der Waals surface area contributed by atoms with Gasteiger partial charge >= 0.3 is 0 Å². The highest BCUT2D eigenvalue weighted by Gasteiger charge is 2.27. The Labute approximate surface area is 159 Å². The molecule has 0 aliphatic carbocycles. The molecule has 0 saturated carbocycles. The molecule has 1 fully saturated rings. The van der Waals surface area contributed by atoms with Crippen molar-refractivity contribution in [2.75, 3.05) is 37.7 Å². The van der Waals surface area contributed by atoms with E-state index >= 15 is 0 Å². The largest absolute Gasteiger partial charge is 0.379 e. The van der Waals surface area contributed by atoms with Crippen LogP contribution in [0.3, 0.4) is 0 Å². The van der Waals surface area contributed by atoms with E-state index in [-0.39, 0.29) is 10.8 Å². The number of morpholine rings is 1. The first kappa shape index (κ1) is 19.3. The Hall–Kier alpha value is -2.48. The summed E-state index contributed by atoms with van der Waals surface area (Å²) in [7, 11) is -3.66. The molecule has 2 aromatic rings. The minimum atomic E-state index is -3.66. The fourth-order valence-corrected chi connectivity index (χ4v) is 4.38. The smallest absolute Gasteiger partial charge is 0.258 e. The zero-order valence-corrected chi connectivity index (χ0v) is 15.8. The summed E-state index contributed by atoms with van der Waals surface area (Å²) in [4.78, 5) is 14.7. The summed E-state index contributed by atoms with van der Waals surface area (Å²) in [5.41, 5.74) is 1.04. The van der Waals surface area contributed by atoms with Crippen LogP contribution in [0.1, 0.15) is 10.4 Å². The number of benzene rings is 2. The van der Waals surface area contributed by atoms with E-state index in [0.29, 0.717) is 38.4 Å². The summed E-state index contributed by atoms with van der Waals surface area (Å²) in [5.74, 6) is -0.278. The summed E-state index contributed by atoms with van der Waals surface area (Å²) < 4.78 is 32.3. The first-order valence-electron chi connectivity index (χ1n) is 8.70. The van der Waals surface area contributed by atoms with Gasteiger partial charge in [-0.1, -0.05) is 30.3 Å². The zero-order valence-electron chi connectivity index (χ0n) is 15.0. The van der Waals surface area contributed by atoms with Crippen LogP contribution in [0.4, 0.5) is 5.69 Å². The number of amides is 1. The maximum absolute atomic E-state index is 13.0. The predicted molar refractivity (Wildman–Crippen MR) is 104 cm³/mol. The highest BCUT2D eigenvalue weighted by atomic mass is 32.2. The molecule has 0 spiro atoms. The van der Waals surface area contributed by atoms with Gasteiger partial charge in [0.05, 0.1) is 18.1 Å². The quantitative estimate of drug-likeness (QED) is 0.716. The van der Waals surface area contributed by atoms with Gasteiger partial charge in [-0.05, 0) is 30.3 Å². The molecule has 1 aliphatic rings. The second kappa shape index (κ2) is 8.47. The lowest BCUT2D eigenvalue weighted by atomic mass is 10.1. The van der Waals surface area contributed by atoms with Crippen LogP contribution in [-0.4, -0.2) is 51.5 Å². The molecule has 1 saturated heterocycles. The summed E-state index contributed by atoms with van der Waals surface area (Å²) >= 11 is 0. The molecule has 142 valence electrons. The molecule has 2 aromatic carbocycles. The number of nitrogens with zero attached hydrogens (tertiary/aromatic N) is 2. The molecular formula is C20H22N2O4S. The number of hydrogen-bond donors (Lipinski definition) is 0. The average Bonchev–Trinajstić information content (AvgIpc) is 2.73. The van der Waals surface area contributed by atoms with Crippen molar-refractivity contribution in [1.29, 1.82) is 0 Å². The fourth-order valence-electron chi connectivity index (χ4n) is 2.92. The van der Waals surface area contributed by atoms with Crippen molar-refractivity contribution in [1.82, 2.24) is 4.31 Å². The zero-order chi connectivity index (χ0) is 19.3. The molecule has 0 bridgehead atoms. The highest BCUT2D eigenvalue weighted by molar-refractivity contribution is 7.89. The van der Waals surface area contributed by atoms with Crippen molar-refractivity contribution in [3.05, 3.63) is 72.8 Å². The molecule has 27 heavy (non-hydrogen) atoms. The van der Waals surface area contributed by atoms with E-state index in [1.165, 1.54) is 16.4 Å². The standard InChI is InChI=1S/C20H22N2O4S/c1-2-11-22(18-8-4-3-5-9-18)20(23)17-7-6-10-19(16-17)27(24,25)21-12-14-26-15-13-21/h2-10,16H,1,11-15H2. The van der Waals surface area contributed by atoms with Gasteiger partial charge in [0, 0.05) is 30.9 Å². The van der Waals surface area contributed by atoms with E-state index in [1.807, 2.05) is 30.3 Å². The first-order valence-corrected chi connectivity index (χ1v) is 10.1. The summed E-state index contributed by atoms with van der Waals surface area (Å²) in [6.45, 7) is 5.41. The number of anilines is 1. The summed E-state index contributed by atoms with van der Waals surface area (Å²) in [6, 6.07) is 15.4. The third-order valence-electron chi connectivity index (χ3n) is 4.31. The van der Waals surface area contributed by atoms with Crippen LogP contribution in [0.5, 0.6) is 0 Å². The lowest BCUT2D eigenvalue weighted by Crippen LogP contribution is -2.40. The Bertz CT molecular complexity index is 907. The van der Waals surface area contributed by atoms with Gasteiger partial charge in [-0.3, -0.25) is 4.79 Å². The Morgan fingerprint density at radius 1 is 1.11 bits per heavy atom. The topological polar surface area (TPSA) is 66.9 Å². The van der Waals surface area contributed by atoms with Gasteiger partial charge in [-0.2, -0.15) is 4.31 Å². The van der Waals surface area contributed by atoms with E-state index in [0.717, 1.165) is 5.69 Å². The second-order valence-electron chi connectivity index (χ2n) is 6.08. The summed E-state index contributed by atoms with van der Waals surface area (Å²) in [5, 5.41) is 0. The molecular weight excluding hydrogens is 364 g/mol. The number of para-hydroxylation sites is 1. The number of carbonyl (C=O) groups is 1. The predicted octanol–water partition coefficient (Wildman–Crippen LogP) is 2.54. The minimum absolute atomic E-state index is 0.113. The highest BCUT2D eigenvalue weighted by Crippen LogP contribution is 2.21. The molecule has 0 unspecified atom stereocenters. The molecule has 0 N–H and O–H groups in total. The SMILES string of the molecule is C=CCN(C(=O)c1cccc(S(=O)(=O)N2CCOCC2)c1)c1ccccc1. The van der Waals surface area contributed by atoms with Crippen molar-refractivity contribution >= 4 is 21.6 Å². The summed E-state index contributed by atoms with van der Waals surface area (Å²) in [6.07, 6.45) is 1.64. The van der Waals surface area contributed by atoms with Gasteiger partial charge in [0.1, 0.15) is 0 Å². The van der Waals surface area contributed by atoms with E-state index in [4.69, 9.17) is 4.74 Å². The van der Waals surface area contributed by atoms with Crippen molar-refractivity contribution in [2.24, 2.45) is 0 Å². The lowest BCUT2D eigenvalue weighted by Gasteiger charge is -2.26. The molecule has 1 amide bonds. The van der Waals surface area contributed by atoms with Gasteiger partial charge in [-0.15, -0.1) is 6.58 Å². The van der Waals surface area contributed by atoms with E-state index < -0.39 is 10.0 Å². The van der Waals surface area contributed by atoms with E-state index in [1.54, 1.807) is 23.1 Å². The second-order valence-corrected chi connectivity index (χ2v) is 8.02. The van der Waals surface area contributed by atoms with Crippen molar-refractivity contribution in [3.63, 3.8) is 0 Å². The number of sulfonamides is 1. The first-order chi connectivity index (χ1) is 13.0. The number of carbonyl (C=O) groups excluding carboxylic acids is 1. The molecule has 0 aromatic heterocycles. The maximum Gasteiger partial charge on any atom is 0.258 e. The van der Waals surface area contributed by atoms with E-state index in [9.17, 15) is 13.2 Å². The number of ether oxygens (including phenoxy) is 1. The van der Waals surface area contributed by atoms with Crippen molar-refractivity contribution < 1.29 is 17.9 Å². The van der Waals surface area contributed by atoms with Crippen LogP contribution in [0.15, 0.2) is 72.1 Å². The van der Waals surface area contributed by atoms with Crippen molar-refractivity contribution in [3.8, 4) is 0 Å². The van der Waals surface area contributed by atoms with Gasteiger partial charge in [0.25, 0.3) is 5.91 Å². The Morgan fingerprint density at radius 3 is 2.48 bits per heavy atom. The Kier molecular flexibility index (Phi) is 6.05. The third kappa shape index (κ3) is 4.27. The molecule has 1 aliphatic heterocycles. The van der Waals surface area contributed by atoms with Crippen LogP contribution in [-0.2, 0) is 14.8 Å². The molecule has 1 heterocycles. The van der Waals surface area contributed by atoms with Crippen molar-refractivity contribution in [2.45, 2.75) is 4.90 Å². The Balaban J connectivity index is 1.92. The van der Waals surface area contributed by atoms with Crippen LogP contribution >= 0.6 is 0 Å². The minimum Gasteiger partial charge on any atom is -0.379 e. The molecule has 7 heteroatoms. The monoisotopic (exact) mass is 386 g/mol. The fraction of sp³-hybridized carbons (Fsp3) is 0.250. The molecule has 6 nitrogen and oxygen atoms in total. The van der Waals surface area contributed by atoms with Gasteiger partial charge in [0.2, 0.25) is 10.0 Å². The van der Waals surface area contributed by atoms with Gasteiger partial charge in [0.15, 0.2) is 0 Å². The Morgan fingerprint density at radius 2 is 1.81 bits per heavy atom. The molecule has 0 atom stereocenters.